The molecule has 0 fully saturated rings. The van der Waals surface area contributed by atoms with Crippen molar-refractivity contribution in [1.82, 2.24) is 4.57 Å². The first-order chi connectivity index (χ1) is 14.8. The molecule has 0 radical (unpaired) electrons. The summed E-state index contributed by atoms with van der Waals surface area (Å²) in [5.41, 5.74) is 1.40. The van der Waals surface area contributed by atoms with Crippen LogP contribution in [0.3, 0.4) is 0 Å². The molecule has 0 aliphatic heterocycles. The highest BCUT2D eigenvalue weighted by Crippen LogP contribution is 2.12. The Bertz CT molecular complexity index is 644. The maximum absolute atomic E-state index is 2.54. The molecule has 2 nitrogen and oxygen atoms in total. The van der Waals surface area contributed by atoms with Gasteiger partial charge in [-0.1, -0.05) is 115 Å². The van der Waals surface area contributed by atoms with Gasteiger partial charge in [0.15, 0.2) is 0 Å². The molecule has 2 heteroatoms. The maximum Gasteiger partial charge on any atom is 0.256 e. The van der Waals surface area contributed by atoms with Crippen molar-refractivity contribution < 1.29 is 4.57 Å². The Morgan fingerprint density at radius 3 is 1.87 bits per heavy atom. The number of aryl methyl sites for hydroxylation is 1. The van der Waals surface area contributed by atoms with Crippen molar-refractivity contribution in [3.05, 3.63) is 54.1 Å². The molecule has 2 rings (SSSR count). The summed E-state index contributed by atoms with van der Waals surface area (Å²) < 4.78 is 5.03. The van der Waals surface area contributed by atoms with Gasteiger partial charge < -0.3 is 0 Å². The molecule has 0 unspecified atom stereocenters. The number of unbranched alkanes of at least 4 members (excludes halogenated alkanes) is 12. The molecule has 0 bridgehead atoms. The van der Waals surface area contributed by atoms with Crippen molar-refractivity contribution in [1.29, 1.82) is 0 Å². The zero-order valence-corrected chi connectivity index (χ0v) is 20.0. The minimum absolute atomic E-state index is 0.995. The Morgan fingerprint density at radius 1 is 0.667 bits per heavy atom. The number of hydrogen-bond donors (Lipinski definition) is 0. The van der Waals surface area contributed by atoms with E-state index in [1.165, 1.54) is 114 Å². The number of benzene rings is 1. The molecule has 0 saturated carbocycles. The van der Waals surface area contributed by atoms with Crippen LogP contribution in [0.1, 0.15) is 115 Å². The highest BCUT2D eigenvalue weighted by atomic mass is 15.1. The van der Waals surface area contributed by atoms with Gasteiger partial charge in [0.25, 0.3) is 5.82 Å². The second-order valence-corrected chi connectivity index (χ2v) is 9.01. The van der Waals surface area contributed by atoms with Gasteiger partial charge in [0.05, 0.1) is 6.54 Å². The molecule has 1 aromatic heterocycles. The lowest BCUT2D eigenvalue weighted by molar-refractivity contribution is -0.704. The summed E-state index contributed by atoms with van der Waals surface area (Å²) in [5, 5.41) is 0. The third-order valence-corrected chi connectivity index (χ3v) is 6.29. The molecule has 0 amide bonds. The van der Waals surface area contributed by atoms with Crippen molar-refractivity contribution >= 4 is 0 Å². The Kier molecular flexibility index (Phi) is 13.3. The summed E-state index contributed by atoms with van der Waals surface area (Å²) in [6, 6.07) is 10.9. The minimum Gasteiger partial charge on any atom is -0.234 e. The fourth-order valence-corrected chi connectivity index (χ4v) is 4.39. The van der Waals surface area contributed by atoms with Crippen LogP contribution in [0.4, 0.5) is 0 Å². The van der Waals surface area contributed by atoms with Crippen molar-refractivity contribution in [3.63, 3.8) is 0 Å². The summed E-state index contributed by atoms with van der Waals surface area (Å²) >= 11 is 0. The largest absolute Gasteiger partial charge is 0.256 e. The van der Waals surface area contributed by atoms with E-state index in [4.69, 9.17) is 0 Å². The summed E-state index contributed by atoms with van der Waals surface area (Å²) in [5.74, 6) is 1.52. The predicted molar refractivity (Wildman–Crippen MR) is 130 cm³/mol. The number of aromatic nitrogens is 2. The van der Waals surface area contributed by atoms with E-state index in [1.54, 1.807) is 0 Å². The Labute approximate surface area is 186 Å². The number of rotatable bonds is 18. The molecule has 1 heterocycles. The monoisotopic (exact) mass is 411 g/mol. The third kappa shape index (κ3) is 9.96. The van der Waals surface area contributed by atoms with E-state index in [9.17, 15) is 0 Å². The highest BCUT2D eigenvalue weighted by molar-refractivity contribution is 5.15. The van der Waals surface area contributed by atoms with Gasteiger partial charge in [0.2, 0.25) is 0 Å². The first-order valence-electron chi connectivity index (χ1n) is 13.0. The zero-order valence-electron chi connectivity index (χ0n) is 20.0. The Morgan fingerprint density at radius 2 is 1.23 bits per heavy atom. The van der Waals surface area contributed by atoms with E-state index >= 15 is 0 Å². The maximum atomic E-state index is 2.54. The summed E-state index contributed by atoms with van der Waals surface area (Å²) in [4.78, 5) is 0. The van der Waals surface area contributed by atoms with Crippen LogP contribution in [0.2, 0.25) is 0 Å². The lowest BCUT2D eigenvalue weighted by atomic mass is 10.1. The van der Waals surface area contributed by atoms with E-state index in [0.29, 0.717) is 0 Å². The van der Waals surface area contributed by atoms with Crippen LogP contribution in [0.15, 0.2) is 42.7 Å². The number of hydrogen-bond acceptors (Lipinski definition) is 0. The lowest BCUT2D eigenvalue weighted by Gasteiger charge is -2.06. The van der Waals surface area contributed by atoms with Crippen LogP contribution in [0, 0.1) is 0 Å². The van der Waals surface area contributed by atoms with E-state index in [2.05, 4.69) is 65.7 Å². The van der Waals surface area contributed by atoms with Crippen LogP contribution in [-0.4, -0.2) is 4.57 Å². The smallest absolute Gasteiger partial charge is 0.234 e. The van der Waals surface area contributed by atoms with Crippen LogP contribution < -0.4 is 4.57 Å². The van der Waals surface area contributed by atoms with Gasteiger partial charge in [0, 0.05) is 6.42 Å². The van der Waals surface area contributed by atoms with Crippen LogP contribution >= 0.6 is 0 Å². The summed E-state index contributed by atoms with van der Waals surface area (Å²) in [6.45, 7) is 6.77. The molecule has 0 aliphatic carbocycles. The zero-order chi connectivity index (χ0) is 21.3. The topological polar surface area (TPSA) is 8.81 Å². The summed E-state index contributed by atoms with van der Waals surface area (Å²) in [7, 11) is 0. The fourth-order valence-electron chi connectivity index (χ4n) is 4.39. The van der Waals surface area contributed by atoms with E-state index in [0.717, 1.165) is 6.54 Å². The first kappa shape index (κ1) is 24.7. The molecular weight excluding hydrogens is 364 g/mol. The molecule has 0 spiro atoms. The van der Waals surface area contributed by atoms with Gasteiger partial charge in [-0.3, -0.25) is 0 Å². The first-order valence-corrected chi connectivity index (χ1v) is 13.0. The average molecular weight is 412 g/mol. The molecule has 0 saturated heterocycles. The highest BCUT2D eigenvalue weighted by Gasteiger charge is 2.16. The van der Waals surface area contributed by atoms with Gasteiger partial charge >= 0.3 is 0 Å². The number of nitrogens with zero attached hydrogens (tertiary/aromatic N) is 2. The van der Waals surface area contributed by atoms with Crippen molar-refractivity contribution in [2.45, 2.75) is 123 Å². The Balaban J connectivity index is 1.76. The Hall–Kier alpha value is -1.57. The SMILES string of the molecule is CCCCCCCCCCCC[n+]1ccn(Cc2ccccc2)c1CCCCCC. The van der Waals surface area contributed by atoms with E-state index < -0.39 is 0 Å². The molecule has 30 heavy (non-hydrogen) atoms. The van der Waals surface area contributed by atoms with Crippen LogP contribution in [0.5, 0.6) is 0 Å². The quantitative estimate of drug-likeness (QED) is 0.174. The molecule has 168 valence electrons. The van der Waals surface area contributed by atoms with Crippen LogP contribution in [0.25, 0.3) is 0 Å². The fraction of sp³-hybridized carbons (Fsp3) is 0.679. The summed E-state index contributed by atoms with van der Waals surface area (Å²) in [6.07, 6.45) is 25.2. The van der Waals surface area contributed by atoms with Gasteiger partial charge in [-0.2, -0.15) is 0 Å². The predicted octanol–water partition coefficient (Wildman–Crippen LogP) is 7.87. The standard InChI is InChI=1S/C28H47N2/c1-3-5-7-9-10-11-12-13-14-19-23-29-24-25-30(26-27-20-16-15-17-21-27)28(29)22-18-8-6-4-2/h15-17,20-21,24-25H,3-14,18-19,22-23,26H2,1-2H3/q+1. The molecule has 0 atom stereocenters. The second kappa shape index (κ2) is 16.2. The minimum atomic E-state index is 0.995. The molecule has 0 aliphatic rings. The normalized spacial score (nSPS) is 11.3. The molecule has 0 N–H and O–H groups in total. The van der Waals surface area contributed by atoms with Gasteiger partial charge in [-0.25, -0.2) is 9.13 Å². The molecular formula is C28H47N2+. The third-order valence-electron chi connectivity index (χ3n) is 6.29. The molecule has 1 aromatic carbocycles. The van der Waals surface area contributed by atoms with E-state index in [1.807, 2.05) is 0 Å². The second-order valence-electron chi connectivity index (χ2n) is 9.01. The number of imidazole rings is 1. The van der Waals surface area contributed by atoms with E-state index in [-0.39, 0.29) is 0 Å². The molecule has 2 aromatic rings. The van der Waals surface area contributed by atoms with Gasteiger partial charge in [0.1, 0.15) is 18.9 Å². The van der Waals surface area contributed by atoms with Gasteiger partial charge in [-0.15, -0.1) is 0 Å². The average Bonchev–Trinajstić information content (AvgIpc) is 3.14. The van der Waals surface area contributed by atoms with Crippen molar-refractivity contribution in [2.24, 2.45) is 0 Å². The van der Waals surface area contributed by atoms with Crippen molar-refractivity contribution in [2.75, 3.05) is 0 Å². The van der Waals surface area contributed by atoms with Crippen molar-refractivity contribution in [3.8, 4) is 0 Å². The lowest BCUT2D eigenvalue weighted by Crippen LogP contribution is -2.37. The van der Waals surface area contributed by atoms with Gasteiger partial charge in [-0.05, 0) is 24.8 Å². The van der Waals surface area contributed by atoms with Crippen LogP contribution in [-0.2, 0) is 19.5 Å².